The van der Waals surface area contributed by atoms with Gasteiger partial charge in [0.15, 0.2) is 12.7 Å². The lowest BCUT2D eigenvalue weighted by atomic mass is 11.3. The first kappa shape index (κ1) is 6.40. The summed E-state index contributed by atoms with van der Waals surface area (Å²) < 4.78 is 8.44. The van der Waals surface area contributed by atoms with E-state index in [-0.39, 0.29) is 0 Å². The molecule has 2 heterocycles. The second-order valence-corrected chi connectivity index (χ2v) is 1.16. The summed E-state index contributed by atoms with van der Waals surface area (Å²) in [6, 6.07) is 0. The largest absolute Gasteiger partial charge is 0.343 e. The molecule has 0 amide bonds. The number of hydrogen-bond donors (Lipinski definition) is 0. The predicted octanol–water partition coefficient (Wildman–Crippen LogP) is 0.139. The Morgan fingerprint density at radius 1 is 0.800 bits per heavy atom. The zero-order chi connectivity index (χ0) is 7.07. The molecule has 6 nitrogen and oxygen atoms in total. The first-order chi connectivity index (χ1) is 5.00. The van der Waals surface area contributed by atoms with E-state index < -0.39 is 0 Å². The van der Waals surface area contributed by atoms with E-state index in [1.165, 1.54) is 25.4 Å². The van der Waals surface area contributed by atoms with Crippen LogP contribution in [0.3, 0.4) is 0 Å². The minimum Gasteiger partial charge on any atom is -0.343 e. The van der Waals surface area contributed by atoms with Crippen LogP contribution in [0.5, 0.6) is 0 Å². The lowest BCUT2D eigenvalue weighted by molar-refractivity contribution is 0.416. The van der Waals surface area contributed by atoms with Crippen LogP contribution in [0.25, 0.3) is 0 Å². The molecule has 6 heteroatoms. The zero-order valence-corrected chi connectivity index (χ0v) is 4.91. The van der Waals surface area contributed by atoms with Gasteiger partial charge in [-0.3, -0.25) is 0 Å². The molecular formula is C4H4N4O2. The van der Waals surface area contributed by atoms with E-state index in [0.717, 1.165) is 0 Å². The van der Waals surface area contributed by atoms with E-state index >= 15 is 0 Å². The first-order valence-corrected chi connectivity index (χ1v) is 2.39. The lowest BCUT2D eigenvalue weighted by Gasteiger charge is -1.45. The van der Waals surface area contributed by atoms with E-state index in [1.807, 2.05) is 0 Å². The Hall–Kier alpha value is -1.72. The van der Waals surface area contributed by atoms with Crippen LogP contribution in [-0.2, 0) is 0 Å². The molecule has 2 aromatic rings. The summed E-state index contributed by atoms with van der Waals surface area (Å²) in [7, 11) is 0. The van der Waals surface area contributed by atoms with Gasteiger partial charge in [0, 0.05) is 0 Å². The third kappa shape index (κ3) is 2.55. The molecule has 0 aliphatic carbocycles. The molecule has 2 rings (SSSR count). The fourth-order valence-corrected chi connectivity index (χ4v) is 0.272. The van der Waals surface area contributed by atoms with E-state index in [0.29, 0.717) is 0 Å². The van der Waals surface area contributed by atoms with Crippen LogP contribution in [0.1, 0.15) is 0 Å². The van der Waals surface area contributed by atoms with Crippen molar-refractivity contribution < 1.29 is 9.05 Å². The Bertz CT molecular complexity index is 154. The standard InChI is InChI=1S/2C2H2N2O/c2*1-3-2-5-4-1/h2*1-2H. The van der Waals surface area contributed by atoms with Gasteiger partial charge in [0.2, 0.25) is 12.8 Å². The monoisotopic (exact) mass is 140 g/mol. The summed E-state index contributed by atoms with van der Waals surface area (Å²) in [5.41, 5.74) is 0. The predicted molar refractivity (Wildman–Crippen MR) is 28.6 cm³/mol. The summed E-state index contributed by atoms with van der Waals surface area (Å²) in [6.45, 7) is 0. The van der Waals surface area contributed by atoms with Gasteiger partial charge in [0.1, 0.15) is 0 Å². The number of rotatable bonds is 0. The molecular weight excluding hydrogens is 136 g/mol. The molecule has 0 unspecified atom stereocenters. The molecule has 0 radical (unpaired) electrons. The first-order valence-electron chi connectivity index (χ1n) is 2.39. The number of hydrogen-bond acceptors (Lipinski definition) is 6. The summed E-state index contributed by atoms with van der Waals surface area (Å²) in [5, 5.41) is 6.47. The molecule has 0 fully saturated rings. The third-order valence-electron chi connectivity index (χ3n) is 0.565. The normalized spacial score (nSPS) is 8.00. The summed E-state index contributed by atoms with van der Waals surface area (Å²) in [6.07, 6.45) is 5.19. The second kappa shape index (κ2) is 4.19. The molecule has 2 aromatic heterocycles. The summed E-state index contributed by atoms with van der Waals surface area (Å²) >= 11 is 0. The van der Waals surface area contributed by atoms with Gasteiger partial charge in [-0.15, -0.1) is 0 Å². The smallest absolute Gasteiger partial charge is 0.213 e. The van der Waals surface area contributed by atoms with Crippen molar-refractivity contribution >= 4 is 0 Å². The van der Waals surface area contributed by atoms with Gasteiger partial charge in [0.25, 0.3) is 0 Å². The highest BCUT2D eigenvalue weighted by molar-refractivity contribution is 4.35. The molecule has 0 aromatic carbocycles. The Kier molecular flexibility index (Phi) is 2.68. The van der Waals surface area contributed by atoms with E-state index in [9.17, 15) is 0 Å². The Labute approximate surface area is 55.9 Å². The van der Waals surface area contributed by atoms with Gasteiger partial charge in [-0.05, 0) is 0 Å². The fourth-order valence-electron chi connectivity index (χ4n) is 0.272. The quantitative estimate of drug-likeness (QED) is 0.517. The maximum Gasteiger partial charge on any atom is 0.213 e. The molecule has 0 aliphatic heterocycles. The van der Waals surface area contributed by atoms with Gasteiger partial charge >= 0.3 is 0 Å². The van der Waals surface area contributed by atoms with Gasteiger partial charge in [-0.2, -0.15) is 0 Å². The van der Waals surface area contributed by atoms with Crippen LogP contribution < -0.4 is 0 Å². The highest BCUT2D eigenvalue weighted by Gasteiger charge is 1.61. The van der Waals surface area contributed by atoms with Crippen LogP contribution in [0.15, 0.2) is 34.5 Å². The zero-order valence-electron chi connectivity index (χ0n) is 4.91. The Balaban J connectivity index is 0.0000001000. The minimum absolute atomic E-state index is 1.26. The van der Waals surface area contributed by atoms with Crippen molar-refractivity contribution in [2.45, 2.75) is 0 Å². The molecule has 0 bridgehead atoms. The van der Waals surface area contributed by atoms with Gasteiger partial charge in [0.05, 0.1) is 0 Å². The molecule has 0 saturated carbocycles. The van der Waals surface area contributed by atoms with Crippen LogP contribution in [-0.4, -0.2) is 20.3 Å². The molecule has 0 N–H and O–H groups in total. The van der Waals surface area contributed by atoms with E-state index in [4.69, 9.17) is 0 Å². The molecule has 10 heavy (non-hydrogen) atoms. The molecule has 52 valence electrons. The minimum atomic E-state index is 1.26. The van der Waals surface area contributed by atoms with Crippen LogP contribution in [0, 0.1) is 0 Å². The van der Waals surface area contributed by atoms with E-state index in [2.05, 4.69) is 29.3 Å². The summed E-state index contributed by atoms with van der Waals surface area (Å²) in [4.78, 5) is 6.89. The maximum atomic E-state index is 4.22. The number of nitrogens with zero attached hydrogens (tertiary/aromatic N) is 4. The second-order valence-electron chi connectivity index (χ2n) is 1.16. The fraction of sp³-hybridized carbons (Fsp3) is 0. The van der Waals surface area contributed by atoms with Crippen molar-refractivity contribution in [1.82, 2.24) is 20.3 Å². The van der Waals surface area contributed by atoms with Crippen LogP contribution in [0.4, 0.5) is 0 Å². The van der Waals surface area contributed by atoms with Crippen LogP contribution in [0.2, 0.25) is 0 Å². The lowest BCUT2D eigenvalue weighted by Crippen LogP contribution is -1.44. The molecule has 0 spiro atoms. The maximum absolute atomic E-state index is 4.22. The van der Waals surface area contributed by atoms with Crippen molar-refractivity contribution in [2.24, 2.45) is 0 Å². The number of aromatic nitrogens is 4. The average Bonchev–Trinajstić information content (AvgIpc) is 2.67. The third-order valence-corrected chi connectivity index (χ3v) is 0.565. The topological polar surface area (TPSA) is 77.8 Å². The van der Waals surface area contributed by atoms with Gasteiger partial charge in [-0.25, -0.2) is 9.97 Å². The Morgan fingerprint density at radius 2 is 1.30 bits per heavy atom. The highest BCUT2D eigenvalue weighted by Crippen LogP contribution is 1.63. The molecule has 0 atom stereocenters. The highest BCUT2D eigenvalue weighted by atomic mass is 16.5. The van der Waals surface area contributed by atoms with Crippen molar-refractivity contribution in [1.29, 1.82) is 0 Å². The van der Waals surface area contributed by atoms with Crippen molar-refractivity contribution in [3.63, 3.8) is 0 Å². The SMILES string of the molecule is c1ncon1.c1ncon1. The van der Waals surface area contributed by atoms with E-state index in [1.54, 1.807) is 0 Å². The van der Waals surface area contributed by atoms with Crippen molar-refractivity contribution in [2.75, 3.05) is 0 Å². The molecule has 0 aliphatic rings. The van der Waals surface area contributed by atoms with Crippen molar-refractivity contribution in [3.05, 3.63) is 25.4 Å². The molecule has 0 saturated heterocycles. The Morgan fingerprint density at radius 3 is 1.40 bits per heavy atom. The summed E-state index contributed by atoms with van der Waals surface area (Å²) in [5.74, 6) is 0. The van der Waals surface area contributed by atoms with Gasteiger partial charge < -0.3 is 9.05 Å². The average molecular weight is 140 g/mol. The van der Waals surface area contributed by atoms with Crippen molar-refractivity contribution in [3.8, 4) is 0 Å². The van der Waals surface area contributed by atoms with Gasteiger partial charge in [-0.1, -0.05) is 10.3 Å². The van der Waals surface area contributed by atoms with Crippen LogP contribution >= 0.6 is 0 Å².